The van der Waals surface area contributed by atoms with Gasteiger partial charge in [0.25, 0.3) is 0 Å². The van der Waals surface area contributed by atoms with Gasteiger partial charge in [-0.1, -0.05) is 45.7 Å². The second kappa shape index (κ2) is 10.5. The first kappa shape index (κ1) is 23.5. The zero-order valence-electron chi connectivity index (χ0n) is 19.2. The smallest absolute Gasteiger partial charge is 0.321 e. The molecule has 2 fully saturated rings. The normalized spacial score (nSPS) is 22.1. The summed E-state index contributed by atoms with van der Waals surface area (Å²) in [5.41, 5.74) is 8.16. The molecule has 172 valence electrons. The Hall–Kier alpha value is -2.12. The van der Waals surface area contributed by atoms with Crippen molar-refractivity contribution in [1.29, 1.82) is 0 Å². The Morgan fingerprint density at radius 2 is 1.77 bits per heavy atom. The van der Waals surface area contributed by atoms with E-state index in [-0.39, 0.29) is 29.4 Å². The Morgan fingerprint density at radius 1 is 1.13 bits per heavy atom. The highest BCUT2D eigenvalue weighted by atomic mass is 16.5. The summed E-state index contributed by atoms with van der Waals surface area (Å²) in [4.78, 5) is 29.3. The minimum absolute atomic E-state index is 0.0322. The lowest BCUT2D eigenvalue weighted by Gasteiger charge is -2.39. The Labute approximate surface area is 186 Å². The predicted octanol–water partition coefficient (Wildman–Crippen LogP) is 3.59. The summed E-state index contributed by atoms with van der Waals surface area (Å²) in [5, 5.41) is 2.95. The number of urea groups is 1. The number of ether oxygens (including phenoxy) is 1. The number of benzene rings is 1. The van der Waals surface area contributed by atoms with E-state index in [1.165, 1.54) is 0 Å². The van der Waals surface area contributed by atoms with Gasteiger partial charge in [-0.2, -0.15) is 0 Å². The van der Waals surface area contributed by atoms with E-state index in [1.54, 1.807) is 4.90 Å². The van der Waals surface area contributed by atoms with Crippen LogP contribution in [0, 0.1) is 5.41 Å². The van der Waals surface area contributed by atoms with Crippen LogP contribution in [0.1, 0.15) is 58.4 Å². The van der Waals surface area contributed by atoms with Gasteiger partial charge in [0.15, 0.2) is 0 Å². The van der Waals surface area contributed by atoms with Gasteiger partial charge in [0.05, 0.1) is 13.2 Å². The molecule has 3 amide bonds. The highest BCUT2D eigenvalue weighted by Crippen LogP contribution is 2.28. The van der Waals surface area contributed by atoms with Crippen LogP contribution < -0.4 is 11.1 Å². The lowest BCUT2D eigenvalue weighted by Crippen LogP contribution is -2.52. The van der Waals surface area contributed by atoms with E-state index in [1.807, 2.05) is 29.2 Å². The number of carbonyl (C=O) groups excluding carboxylic acids is 2. The van der Waals surface area contributed by atoms with Crippen molar-refractivity contribution in [2.75, 3.05) is 31.6 Å². The average Bonchev–Trinajstić information content (AvgIpc) is 2.73. The molecule has 0 spiro atoms. The second-order valence-electron chi connectivity index (χ2n) is 10.0. The number of nitrogens with one attached hydrogen (secondary N) is 1. The Kier molecular flexibility index (Phi) is 7.94. The minimum Gasteiger partial charge on any atom is -0.378 e. The number of carbonyl (C=O) groups is 2. The fourth-order valence-electron chi connectivity index (χ4n) is 4.33. The standard InChI is InChI=1S/C24H38N4O3/c1-24(2,3)16-22(29)28(21-7-5-4-6-20(21)25)17-18-8-10-19(11-9-18)26-23(30)27-12-14-31-15-13-27/h8-11,20-21H,4-7,12-17,25H2,1-3H3,(H,26,30). The molecule has 3 rings (SSSR count). The molecule has 1 heterocycles. The number of morpholine rings is 1. The van der Waals surface area contributed by atoms with Gasteiger partial charge in [0, 0.05) is 43.8 Å². The molecule has 7 nitrogen and oxygen atoms in total. The van der Waals surface area contributed by atoms with E-state index in [4.69, 9.17) is 10.5 Å². The van der Waals surface area contributed by atoms with Gasteiger partial charge >= 0.3 is 6.03 Å². The number of hydrogen-bond donors (Lipinski definition) is 2. The molecule has 2 unspecified atom stereocenters. The van der Waals surface area contributed by atoms with Crippen LogP contribution in [0.3, 0.4) is 0 Å². The number of anilines is 1. The van der Waals surface area contributed by atoms with Crippen molar-refractivity contribution in [2.45, 2.75) is 71.5 Å². The van der Waals surface area contributed by atoms with Gasteiger partial charge in [-0.25, -0.2) is 4.79 Å². The fourth-order valence-corrected chi connectivity index (χ4v) is 4.33. The molecular weight excluding hydrogens is 392 g/mol. The maximum atomic E-state index is 13.2. The van der Waals surface area contributed by atoms with Gasteiger partial charge in [0.1, 0.15) is 0 Å². The number of nitrogens with two attached hydrogens (primary N) is 1. The summed E-state index contributed by atoms with van der Waals surface area (Å²) in [7, 11) is 0. The van der Waals surface area contributed by atoms with Crippen LogP contribution in [0.4, 0.5) is 10.5 Å². The molecule has 1 aliphatic carbocycles. The number of amides is 3. The average molecular weight is 431 g/mol. The summed E-state index contributed by atoms with van der Waals surface area (Å²) in [6, 6.07) is 7.79. The molecule has 0 aromatic heterocycles. The molecular formula is C24H38N4O3. The number of rotatable bonds is 5. The number of nitrogens with zero attached hydrogens (tertiary/aromatic N) is 2. The van der Waals surface area contributed by atoms with Crippen molar-refractivity contribution in [3.05, 3.63) is 29.8 Å². The molecule has 31 heavy (non-hydrogen) atoms. The third-order valence-electron chi connectivity index (χ3n) is 6.04. The first-order valence-electron chi connectivity index (χ1n) is 11.5. The quantitative estimate of drug-likeness (QED) is 0.747. The SMILES string of the molecule is CC(C)(C)CC(=O)N(Cc1ccc(NC(=O)N2CCOCC2)cc1)C1CCCCC1N. The van der Waals surface area contributed by atoms with Gasteiger partial charge in [-0.15, -0.1) is 0 Å². The van der Waals surface area contributed by atoms with Crippen LogP contribution in [0.15, 0.2) is 24.3 Å². The molecule has 2 aliphatic rings. The van der Waals surface area contributed by atoms with Crippen molar-refractivity contribution in [3.8, 4) is 0 Å². The molecule has 1 aromatic rings. The lowest BCUT2D eigenvalue weighted by molar-refractivity contribution is -0.137. The topological polar surface area (TPSA) is 87.9 Å². The Bertz CT molecular complexity index is 738. The highest BCUT2D eigenvalue weighted by molar-refractivity contribution is 5.89. The maximum absolute atomic E-state index is 13.2. The molecule has 1 aliphatic heterocycles. The van der Waals surface area contributed by atoms with Crippen LogP contribution in [0.2, 0.25) is 0 Å². The van der Waals surface area contributed by atoms with Crippen LogP contribution in [0.25, 0.3) is 0 Å². The van der Waals surface area contributed by atoms with Crippen molar-refractivity contribution in [1.82, 2.24) is 9.80 Å². The van der Waals surface area contributed by atoms with Crippen LogP contribution in [-0.4, -0.2) is 60.1 Å². The third kappa shape index (κ3) is 6.94. The van der Waals surface area contributed by atoms with Crippen molar-refractivity contribution in [3.63, 3.8) is 0 Å². The third-order valence-corrected chi connectivity index (χ3v) is 6.04. The van der Waals surface area contributed by atoms with Crippen LogP contribution in [-0.2, 0) is 16.1 Å². The molecule has 7 heteroatoms. The first-order valence-corrected chi connectivity index (χ1v) is 11.5. The van der Waals surface area contributed by atoms with E-state index in [2.05, 4.69) is 26.1 Å². The largest absolute Gasteiger partial charge is 0.378 e. The zero-order chi connectivity index (χ0) is 22.4. The van der Waals surface area contributed by atoms with Crippen LogP contribution >= 0.6 is 0 Å². The summed E-state index contributed by atoms with van der Waals surface area (Å²) in [5.74, 6) is 0.166. The maximum Gasteiger partial charge on any atom is 0.321 e. The van der Waals surface area contributed by atoms with Gasteiger partial charge < -0.3 is 25.6 Å². The zero-order valence-corrected chi connectivity index (χ0v) is 19.2. The number of hydrogen-bond acceptors (Lipinski definition) is 4. The molecule has 1 aromatic carbocycles. The summed E-state index contributed by atoms with van der Waals surface area (Å²) in [6.07, 6.45) is 4.69. The second-order valence-corrected chi connectivity index (χ2v) is 10.0. The van der Waals surface area contributed by atoms with E-state index < -0.39 is 0 Å². The predicted molar refractivity (Wildman–Crippen MR) is 123 cm³/mol. The van der Waals surface area contributed by atoms with E-state index >= 15 is 0 Å². The molecule has 0 bridgehead atoms. The molecule has 0 radical (unpaired) electrons. The van der Waals surface area contributed by atoms with Gasteiger partial charge in [-0.05, 0) is 36.0 Å². The monoisotopic (exact) mass is 430 g/mol. The Balaban J connectivity index is 1.67. The summed E-state index contributed by atoms with van der Waals surface area (Å²) in [6.45, 7) is 9.20. The van der Waals surface area contributed by atoms with Gasteiger partial charge in [0.2, 0.25) is 5.91 Å². The van der Waals surface area contributed by atoms with E-state index in [0.717, 1.165) is 36.9 Å². The molecule has 3 N–H and O–H groups in total. The van der Waals surface area contributed by atoms with Crippen LogP contribution in [0.5, 0.6) is 0 Å². The molecule has 1 saturated carbocycles. The Morgan fingerprint density at radius 3 is 2.39 bits per heavy atom. The lowest BCUT2D eigenvalue weighted by atomic mass is 9.87. The van der Waals surface area contributed by atoms with Crippen molar-refractivity contribution >= 4 is 17.6 Å². The van der Waals surface area contributed by atoms with E-state index in [0.29, 0.717) is 39.3 Å². The fraction of sp³-hybridized carbons (Fsp3) is 0.667. The van der Waals surface area contributed by atoms with E-state index in [9.17, 15) is 9.59 Å². The van der Waals surface area contributed by atoms with Crippen molar-refractivity contribution in [2.24, 2.45) is 11.1 Å². The summed E-state index contributed by atoms with van der Waals surface area (Å²) >= 11 is 0. The first-order chi connectivity index (χ1) is 14.7. The van der Waals surface area contributed by atoms with Crippen molar-refractivity contribution < 1.29 is 14.3 Å². The summed E-state index contributed by atoms with van der Waals surface area (Å²) < 4.78 is 5.30. The van der Waals surface area contributed by atoms with Gasteiger partial charge in [-0.3, -0.25) is 4.79 Å². The highest BCUT2D eigenvalue weighted by Gasteiger charge is 2.32. The molecule has 2 atom stereocenters. The molecule has 1 saturated heterocycles. The minimum atomic E-state index is -0.105.